The van der Waals surface area contributed by atoms with Crippen molar-refractivity contribution in [3.8, 4) is 0 Å². The topological polar surface area (TPSA) is 61.5 Å². The average molecular weight is 269 g/mol. The molecule has 0 spiro atoms. The molecule has 2 aliphatic rings. The summed E-state index contributed by atoms with van der Waals surface area (Å²) in [7, 11) is 1.72. The molecule has 4 heteroatoms. The zero-order valence-electron chi connectivity index (χ0n) is 12.2. The maximum Gasteiger partial charge on any atom is 0.326 e. The van der Waals surface area contributed by atoms with Crippen molar-refractivity contribution in [1.29, 1.82) is 0 Å². The van der Waals surface area contributed by atoms with Crippen molar-refractivity contribution in [2.24, 2.45) is 11.7 Å². The lowest BCUT2D eigenvalue weighted by molar-refractivity contribution is -0.162. The molecule has 0 bridgehead atoms. The summed E-state index contributed by atoms with van der Waals surface area (Å²) in [5, 5.41) is 0. The first-order chi connectivity index (χ1) is 9.06. The van der Waals surface area contributed by atoms with Crippen LogP contribution in [0.5, 0.6) is 0 Å². The molecule has 0 aliphatic heterocycles. The van der Waals surface area contributed by atoms with Crippen LogP contribution in [-0.4, -0.2) is 30.8 Å². The molecule has 4 nitrogen and oxygen atoms in total. The Kier molecular flexibility index (Phi) is 4.85. The van der Waals surface area contributed by atoms with Gasteiger partial charge in [0.1, 0.15) is 11.6 Å². The van der Waals surface area contributed by atoms with Crippen LogP contribution >= 0.6 is 0 Å². The van der Waals surface area contributed by atoms with E-state index in [0.29, 0.717) is 0 Å². The van der Waals surface area contributed by atoms with E-state index < -0.39 is 5.54 Å². The third-order valence-corrected chi connectivity index (χ3v) is 4.92. The molecule has 110 valence electrons. The van der Waals surface area contributed by atoms with Crippen molar-refractivity contribution in [3.63, 3.8) is 0 Å². The second kappa shape index (κ2) is 6.23. The molecular formula is C15H27NO3. The van der Waals surface area contributed by atoms with E-state index in [1.54, 1.807) is 7.11 Å². The van der Waals surface area contributed by atoms with Gasteiger partial charge in [-0.1, -0.05) is 19.8 Å². The predicted octanol–water partition coefficient (Wildman–Crippen LogP) is 2.39. The van der Waals surface area contributed by atoms with E-state index in [0.717, 1.165) is 44.9 Å². The number of rotatable bonds is 3. The molecule has 2 fully saturated rings. The lowest BCUT2D eigenvalue weighted by atomic mass is 9.74. The van der Waals surface area contributed by atoms with Crippen molar-refractivity contribution in [2.45, 2.75) is 76.0 Å². The van der Waals surface area contributed by atoms with Crippen molar-refractivity contribution >= 4 is 5.97 Å². The van der Waals surface area contributed by atoms with Crippen molar-refractivity contribution in [1.82, 2.24) is 0 Å². The van der Waals surface area contributed by atoms with Gasteiger partial charge in [0.15, 0.2) is 0 Å². The summed E-state index contributed by atoms with van der Waals surface area (Å²) >= 11 is 0. The molecule has 0 radical (unpaired) electrons. The first-order valence-electron chi connectivity index (χ1n) is 7.59. The third kappa shape index (κ3) is 3.29. The lowest BCUT2D eigenvalue weighted by Gasteiger charge is -2.38. The SMILES string of the molecule is COC1CCCC(OC(=O)C2(N)CCCCC2C)C1. The van der Waals surface area contributed by atoms with Crippen molar-refractivity contribution < 1.29 is 14.3 Å². The molecule has 2 aliphatic carbocycles. The van der Waals surface area contributed by atoms with Gasteiger partial charge in [-0.3, -0.25) is 4.79 Å². The molecule has 0 heterocycles. The van der Waals surface area contributed by atoms with Crippen LogP contribution in [0.25, 0.3) is 0 Å². The Morgan fingerprint density at radius 1 is 1.16 bits per heavy atom. The minimum atomic E-state index is -0.766. The van der Waals surface area contributed by atoms with Gasteiger partial charge in [-0.25, -0.2) is 0 Å². The van der Waals surface area contributed by atoms with E-state index in [1.165, 1.54) is 6.42 Å². The zero-order chi connectivity index (χ0) is 13.9. The number of hydrogen-bond donors (Lipinski definition) is 1. The maximum absolute atomic E-state index is 12.4. The average Bonchev–Trinajstić information content (AvgIpc) is 2.42. The molecule has 19 heavy (non-hydrogen) atoms. The summed E-state index contributed by atoms with van der Waals surface area (Å²) in [4.78, 5) is 12.4. The number of esters is 1. The Balaban J connectivity index is 1.92. The Morgan fingerprint density at radius 2 is 1.89 bits per heavy atom. The van der Waals surface area contributed by atoms with E-state index in [9.17, 15) is 4.79 Å². The van der Waals surface area contributed by atoms with Gasteiger partial charge >= 0.3 is 5.97 Å². The largest absolute Gasteiger partial charge is 0.461 e. The van der Waals surface area contributed by atoms with Crippen LogP contribution in [0, 0.1) is 5.92 Å². The van der Waals surface area contributed by atoms with E-state index in [4.69, 9.17) is 15.2 Å². The molecule has 0 aromatic carbocycles. The Morgan fingerprint density at radius 3 is 2.58 bits per heavy atom. The van der Waals surface area contributed by atoms with E-state index in [-0.39, 0.29) is 24.1 Å². The van der Waals surface area contributed by atoms with Gasteiger partial charge in [-0.05, 0) is 38.0 Å². The minimum absolute atomic E-state index is 0.0132. The molecule has 2 rings (SSSR count). The fourth-order valence-electron chi connectivity index (χ4n) is 3.36. The summed E-state index contributed by atoms with van der Waals surface area (Å²) in [6.07, 6.45) is 8.07. The van der Waals surface area contributed by atoms with Crippen LogP contribution in [0.1, 0.15) is 58.3 Å². The third-order valence-electron chi connectivity index (χ3n) is 4.92. The van der Waals surface area contributed by atoms with Crippen LogP contribution in [0.15, 0.2) is 0 Å². The predicted molar refractivity (Wildman–Crippen MR) is 73.7 cm³/mol. The second-order valence-corrected chi connectivity index (χ2v) is 6.24. The van der Waals surface area contributed by atoms with Crippen LogP contribution in [0.4, 0.5) is 0 Å². The highest BCUT2D eigenvalue weighted by Gasteiger charge is 2.43. The summed E-state index contributed by atoms with van der Waals surface area (Å²) in [5.41, 5.74) is 5.56. The Bertz CT molecular complexity index is 321. The smallest absolute Gasteiger partial charge is 0.326 e. The van der Waals surface area contributed by atoms with Gasteiger partial charge in [-0.15, -0.1) is 0 Å². The Hall–Kier alpha value is -0.610. The Labute approximate surface area is 116 Å². The fraction of sp³-hybridized carbons (Fsp3) is 0.933. The molecule has 2 saturated carbocycles. The van der Waals surface area contributed by atoms with Gasteiger partial charge in [0.2, 0.25) is 0 Å². The molecule has 2 N–H and O–H groups in total. The molecule has 4 unspecified atom stereocenters. The van der Waals surface area contributed by atoms with Gasteiger partial charge in [0, 0.05) is 13.5 Å². The highest BCUT2D eigenvalue weighted by Crippen LogP contribution is 2.34. The molecule has 0 aromatic rings. The first-order valence-corrected chi connectivity index (χ1v) is 7.59. The fourth-order valence-corrected chi connectivity index (χ4v) is 3.36. The zero-order valence-corrected chi connectivity index (χ0v) is 12.2. The summed E-state index contributed by atoms with van der Waals surface area (Å²) < 4.78 is 11.1. The molecule has 0 aromatic heterocycles. The number of nitrogens with two attached hydrogens (primary N) is 1. The van der Waals surface area contributed by atoms with Crippen LogP contribution < -0.4 is 5.73 Å². The summed E-state index contributed by atoms with van der Waals surface area (Å²) in [6, 6.07) is 0. The van der Waals surface area contributed by atoms with Crippen LogP contribution in [-0.2, 0) is 14.3 Å². The van der Waals surface area contributed by atoms with E-state index >= 15 is 0 Å². The maximum atomic E-state index is 12.4. The standard InChI is InChI=1S/C15H27NO3/c1-11-6-3-4-9-15(11,16)14(17)19-13-8-5-7-12(10-13)18-2/h11-13H,3-10,16H2,1-2H3. The number of methoxy groups -OCH3 is 1. The monoisotopic (exact) mass is 269 g/mol. The summed E-state index contributed by atoms with van der Waals surface area (Å²) in [6.45, 7) is 2.07. The minimum Gasteiger partial charge on any atom is -0.461 e. The van der Waals surface area contributed by atoms with E-state index in [2.05, 4.69) is 6.92 Å². The molecule has 0 amide bonds. The van der Waals surface area contributed by atoms with Gasteiger partial charge < -0.3 is 15.2 Å². The number of hydrogen-bond acceptors (Lipinski definition) is 4. The van der Waals surface area contributed by atoms with Gasteiger partial charge in [0.25, 0.3) is 0 Å². The quantitative estimate of drug-likeness (QED) is 0.799. The molecule has 0 saturated heterocycles. The van der Waals surface area contributed by atoms with Crippen LogP contribution in [0.3, 0.4) is 0 Å². The van der Waals surface area contributed by atoms with Gasteiger partial charge in [0.05, 0.1) is 6.10 Å². The highest BCUT2D eigenvalue weighted by atomic mass is 16.5. The normalized spacial score (nSPS) is 39.8. The molecular weight excluding hydrogens is 242 g/mol. The van der Waals surface area contributed by atoms with Gasteiger partial charge in [-0.2, -0.15) is 0 Å². The lowest BCUT2D eigenvalue weighted by Crippen LogP contribution is -2.56. The van der Waals surface area contributed by atoms with Crippen molar-refractivity contribution in [3.05, 3.63) is 0 Å². The number of ether oxygens (including phenoxy) is 2. The highest BCUT2D eigenvalue weighted by molar-refractivity contribution is 5.81. The number of carbonyl (C=O) groups is 1. The van der Waals surface area contributed by atoms with Crippen molar-refractivity contribution in [2.75, 3.05) is 7.11 Å². The first kappa shape index (κ1) is 14.8. The van der Waals surface area contributed by atoms with Crippen LogP contribution in [0.2, 0.25) is 0 Å². The van der Waals surface area contributed by atoms with E-state index in [1.807, 2.05) is 0 Å². The summed E-state index contributed by atoms with van der Waals surface area (Å²) in [5.74, 6) is 0.0250. The second-order valence-electron chi connectivity index (χ2n) is 6.24. The molecule has 4 atom stereocenters. The number of carbonyl (C=O) groups excluding carboxylic acids is 1.